The van der Waals surface area contributed by atoms with Crippen molar-refractivity contribution in [2.45, 2.75) is 13.3 Å². The minimum absolute atomic E-state index is 0.0589. The number of nitrogens with zero attached hydrogens (tertiary/aromatic N) is 1. The van der Waals surface area contributed by atoms with E-state index in [4.69, 9.17) is 9.47 Å². The summed E-state index contributed by atoms with van der Waals surface area (Å²) >= 11 is 4.13. The Labute approximate surface area is 181 Å². The lowest BCUT2D eigenvalue weighted by Gasteiger charge is -2.09. The van der Waals surface area contributed by atoms with Crippen molar-refractivity contribution in [3.63, 3.8) is 0 Å². The number of rotatable bonds is 4. The second-order valence-corrected chi connectivity index (χ2v) is 7.81. The number of cyclic esters (lactones) is 1. The first-order valence-electron chi connectivity index (χ1n) is 7.85. The van der Waals surface area contributed by atoms with Crippen LogP contribution in [0.4, 0.5) is 4.39 Å². The van der Waals surface area contributed by atoms with Crippen molar-refractivity contribution in [1.29, 1.82) is 0 Å². The molecule has 27 heavy (non-hydrogen) atoms. The van der Waals surface area contributed by atoms with Gasteiger partial charge in [-0.25, -0.2) is 14.2 Å². The SMILES string of the molecule is CCC(=O)Oc1c(I)cc(/C=C2\N=C(c3cccc(F)c3)OC2=O)cc1I. The fourth-order valence-corrected chi connectivity index (χ4v) is 4.29. The average Bonchev–Trinajstić information content (AvgIpc) is 2.98. The van der Waals surface area contributed by atoms with E-state index in [1.807, 2.05) is 0 Å². The van der Waals surface area contributed by atoms with Gasteiger partial charge >= 0.3 is 11.9 Å². The van der Waals surface area contributed by atoms with Gasteiger partial charge in [0.15, 0.2) is 11.4 Å². The van der Waals surface area contributed by atoms with Crippen LogP contribution in [-0.4, -0.2) is 17.8 Å². The Morgan fingerprint density at radius 1 is 1.26 bits per heavy atom. The molecule has 1 aliphatic rings. The van der Waals surface area contributed by atoms with Crippen LogP contribution in [0.5, 0.6) is 5.75 Å². The number of esters is 2. The zero-order valence-electron chi connectivity index (χ0n) is 14.0. The van der Waals surface area contributed by atoms with E-state index >= 15 is 0 Å². The van der Waals surface area contributed by atoms with Crippen molar-refractivity contribution in [2.75, 3.05) is 0 Å². The standard InChI is InChI=1S/C19H12FI2NO4/c1-2-16(24)26-17-13(21)6-10(7-14(17)22)8-15-19(25)27-18(23-15)11-4-3-5-12(20)9-11/h3-9H,2H2,1H3/b15-8-. The van der Waals surface area contributed by atoms with Gasteiger partial charge in [-0.2, -0.15) is 0 Å². The van der Waals surface area contributed by atoms with Gasteiger partial charge in [-0.3, -0.25) is 4.79 Å². The highest BCUT2D eigenvalue weighted by atomic mass is 127. The Balaban J connectivity index is 1.92. The van der Waals surface area contributed by atoms with Gasteiger partial charge in [-0.15, -0.1) is 0 Å². The lowest BCUT2D eigenvalue weighted by atomic mass is 10.2. The van der Waals surface area contributed by atoms with Crippen molar-refractivity contribution in [3.8, 4) is 5.75 Å². The van der Waals surface area contributed by atoms with Crippen LogP contribution in [-0.2, 0) is 14.3 Å². The van der Waals surface area contributed by atoms with Gasteiger partial charge in [-0.1, -0.05) is 13.0 Å². The van der Waals surface area contributed by atoms with Crippen LogP contribution in [0.1, 0.15) is 24.5 Å². The molecule has 8 heteroatoms. The number of ether oxygens (including phenoxy) is 2. The maximum atomic E-state index is 13.4. The topological polar surface area (TPSA) is 65.0 Å². The second-order valence-electron chi connectivity index (χ2n) is 5.49. The van der Waals surface area contributed by atoms with Crippen LogP contribution in [0.3, 0.4) is 0 Å². The molecule has 0 amide bonds. The summed E-state index contributed by atoms with van der Waals surface area (Å²) in [5, 5.41) is 0. The van der Waals surface area contributed by atoms with Crippen molar-refractivity contribution in [2.24, 2.45) is 4.99 Å². The molecule has 0 saturated carbocycles. The normalized spacial score (nSPS) is 14.9. The molecule has 0 bridgehead atoms. The molecule has 3 rings (SSSR count). The van der Waals surface area contributed by atoms with Gasteiger partial charge < -0.3 is 9.47 Å². The minimum Gasteiger partial charge on any atom is -0.424 e. The number of hydrogen-bond acceptors (Lipinski definition) is 5. The molecule has 0 aromatic heterocycles. The molecular formula is C19H12FI2NO4. The molecule has 0 saturated heterocycles. The number of carbonyl (C=O) groups is 2. The summed E-state index contributed by atoms with van der Waals surface area (Å²) in [6.07, 6.45) is 1.85. The van der Waals surface area contributed by atoms with Crippen LogP contribution < -0.4 is 4.74 Å². The van der Waals surface area contributed by atoms with Crippen molar-refractivity contribution in [3.05, 3.63) is 66.2 Å². The van der Waals surface area contributed by atoms with Gasteiger partial charge in [0.25, 0.3) is 0 Å². The molecule has 0 fully saturated rings. The fourth-order valence-electron chi connectivity index (χ4n) is 2.26. The average molecular weight is 591 g/mol. The highest BCUT2D eigenvalue weighted by molar-refractivity contribution is 14.1. The smallest absolute Gasteiger partial charge is 0.363 e. The first-order valence-corrected chi connectivity index (χ1v) is 10.0. The highest BCUT2D eigenvalue weighted by Crippen LogP contribution is 2.31. The minimum atomic E-state index is -0.610. The molecule has 1 aliphatic heterocycles. The monoisotopic (exact) mass is 591 g/mol. The predicted molar refractivity (Wildman–Crippen MR) is 115 cm³/mol. The van der Waals surface area contributed by atoms with E-state index in [9.17, 15) is 14.0 Å². The zero-order valence-corrected chi connectivity index (χ0v) is 18.3. The van der Waals surface area contributed by atoms with E-state index in [0.29, 0.717) is 16.9 Å². The molecule has 0 atom stereocenters. The van der Waals surface area contributed by atoms with Gasteiger partial charge in [0.2, 0.25) is 5.90 Å². The summed E-state index contributed by atoms with van der Waals surface area (Å²) < 4.78 is 25.3. The molecular weight excluding hydrogens is 579 g/mol. The summed E-state index contributed by atoms with van der Waals surface area (Å²) in [5.74, 6) is -0.821. The summed E-state index contributed by atoms with van der Waals surface area (Å²) in [4.78, 5) is 27.8. The Hall–Kier alpha value is -1.82. The lowest BCUT2D eigenvalue weighted by Crippen LogP contribution is -2.08. The molecule has 0 radical (unpaired) electrons. The van der Waals surface area contributed by atoms with Gasteiger partial charge in [0, 0.05) is 12.0 Å². The first kappa shape index (κ1) is 19.9. The maximum absolute atomic E-state index is 13.4. The van der Waals surface area contributed by atoms with E-state index in [2.05, 4.69) is 50.2 Å². The van der Waals surface area contributed by atoms with Crippen molar-refractivity contribution >= 4 is 69.1 Å². The summed E-state index contributed by atoms with van der Waals surface area (Å²) in [5.41, 5.74) is 1.20. The van der Waals surface area contributed by atoms with E-state index in [0.717, 1.165) is 7.14 Å². The van der Waals surface area contributed by atoms with E-state index in [1.54, 1.807) is 31.2 Å². The zero-order chi connectivity index (χ0) is 19.6. The molecule has 0 spiro atoms. The Bertz CT molecular complexity index is 978. The third-order valence-electron chi connectivity index (χ3n) is 3.52. The molecule has 2 aromatic carbocycles. The van der Waals surface area contributed by atoms with Gasteiger partial charge in [-0.05, 0) is 87.2 Å². The molecule has 0 N–H and O–H groups in total. The lowest BCUT2D eigenvalue weighted by molar-refractivity contribution is -0.134. The first-order chi connectivity index (χ1) is 12.9. The van der Waals surface area contributed by atoms with E-state index in [-0.39, 0.29) is 24.0 Å². The summed E-state index contributed by atoms with van der Waals surface area (Å²) in [6.45, 7) is 1.72. The summed E-state index contributed by atoms with van der Waals surface area (Å²) in [6, 6.07) is 9.23. The molecule has 5 nitrogen and oxygen atoms in total. The molecule has 0 unspecified atom stereocenters. The molecule has 0 aliphatic carbocycles. The van der Waals surface area contributed by atoms with Crippen molar-refractivity contribution < 1.29 is 23.5 Å². The largest absolute Gasteiger partial charge is 0.424 e. The highest BCUT2D eigenvalue weighted by Gasteiger charge is 2.24. The van der Waals surface area contributed by atoms with Gasteiger partial charge in [0.1, 0.15) is 5.82 Å². The quantitative estimate of drug-likeness (QED) is 0.224. The summed E-state index contributed by atoms with van der Waals surface area (Å²) in [7, 11) is 0. The third-order valence-corrected chi connectivity index (χ3v) is 5.12. The maximum Gasteiger partial charge on any atom is 0.363 e. The molecule has 138 valence electrons. The predicted octanol–water partition coefficient (Wildman–Crippen LogP) is 4.69. The van der Waals surface area contributed by atoms with Crippen LogP contribution in [0.15, 0.2) is 47.1 Å². The number of aliphatic imine (C=N–C) groups is 1. The number of hydrogen-bond donors (Lipinski definition) is 0. The van der Waals surface area contributed by atoms with E-state index < -0.39 is 11.8 Å². The third kappa shape index (κ3) is 4.72. The van der Waals surface area contributed by atoms with Crippen LogP contribution in [0, 0.1) is 13.0 Å². The molecule has 1 heterocycles. The van der Waals surface area contributed by atoms with Crippen molar-refractivity contribution in [1.82, 2.24) is 0 Å². The Morgan fingerprint density at radius 2 is 1.96 bits per heavy atom. The Kier molecular flexibility index (Phi) is 6.25. The fraction of sp³-hybridized carbons (Fsp3) is 0.105. The Morgan fingerprint density at radius 3 is 2.59 bits per heavy atom. The number of carbonyl (C=O) groups excluding carboxylic acids is 2. The number of halogens is 3. The van der Waals surface area contributed by atoms with E-state index in [1.165, 1.54) is 18.2 Å². The van der Waals surface area contributed by atoms with Gasteiger partial charge in [0.05, 0.1) is 7.14 Å². The van der Waals surface area contributed by atoms with Crippen LogP contribution in [0.2, 0.25) is 0 Å². The van der Waals surface area contributed by atoms with Crippen LogP contribution in [0.25, 0.3) is 6.08 Å². The second kappa shape index (κ2) is 8.46. The molecule has 2 aromatic rings. The van der Waals surface area contributed by atoms with Crippen LogP contribution >= 0.6 is 45.2 Å². The number of benzene rings is 2.